The van der Waals surface area contributed by atoms with Gasteiger partial charge in [0.15, 0.2) is 23.3 Å². The molecule has 0 N–H and O–H groups in total. The summed E-state index contributed by atoms with van der Waals surface area (Å²) in [4.78, 5) is 28.4. The lowest BCUT2D eigenvalue weighted by atomic mass is 9.88. The van der Waals surface area contributed by atoms with Gasteiger partial charge in [0.2, 0.25) is 0 Å². The quantitative estimate of drug-likeness (QED) is 0.579. The van der Waals surface area contributed by atoms with Gasteiger partial charge in [-0.05, 0) is 42.7 Å². The summed E-state index contributed by atoms with van der Waals surface area (Å²) < 4.78 is 12.9. The van der Waals surface area contributed by atoms with E-state index in [9.17, 15) is 9.59 Å². The second kappa shape index (κ2) is 8.86. The molecule has 7 nitrogen and oxygen atoms in total. The first kappa shape index (κ1) is 20.3. The van der Waals surface area contributed by atoms with E-state index in [0.717, 1.165) is 5.56 Å². The summed E-state index contributed by atoms with van der Waals surface area (Å²) in [6.45, 7) is 2.11. The fourth-order valence-corrected chi connectivity index (χ4v) is 4.44. The van der Waals surface area contributed by atoms with Crippen LogP contribution in [-0.4, -0.2) is 52.7 Å². The summed E-state index contributed by atoms with van der Waals surface area (Å²) >= 11 is 0. The van der Waals surface area contributed by atoms with Crippen molar-refractivity contribution in [1.82, 2.24) is 14.7 Å². The molecule has 0 aliphatic carbocycles. The Hall–Kier alpha value is -3.61. The molecule has 3 aromatic rings. The summed E-state index contributed by atoms with van der Waals surface area (Å²) in [5.74, 6) is 1.30. The van der Waals surface area contributed by atoms with Gasteiger partial charge in [0.05, 0.1) is 0 Å². The summed E-state index contributed by atoms with van der Waals surface area (Å²) in [5, 5.41) is 4.32. The van der Waals surface area contributed by atoms with Gasteiger partial charge >= 0.3 is 0 Å². The third kappa shape index (κ3) is 3.98. The van der Waals surface area contributed by atoms with Crippen molar-refractivity contribution in [2.45, 2.75) is 18.9 Å². The van der Waals surface area contributed by atoms with Crippen LogP contribution in [0, 0.1) is 5.92 Å². The number of rotatable bonds is 5. The molecule has 1 saturated heterocycles. The lowest BCUT2D eigenvalue weighted by Gasteiger charge is -2.34. The molecular weight excluding hydrogens is 406 g/mol. The van der Waals surface area contributed by atoms with Crippen LogP contribution < -0.4 is 9.47 Å². The fraction of sp³-hybridized carbons (Fsp3) is 0.320. The standard InChI is InChI=1S/C25H25N3O4/c29-24(20-7-8-21-22(17-20)32-16-15-31-21)19-9-13-27(14-10-19)25(30)23(28-12-4-11-26-28)18-5-2-1-3-6-18/h1-8,11-12,17,19,23H,9-10,13-16H2. The highest BCUT2D eigenvalue weighted by molar-refractivity contribution is 5.98. The van der Waals surface area contributed by atoms with E-state index < -0.39 is 6.04 Å². The van der Waals surface area contributed by atoms with Crippen LogP contribution in [0.1, 0.15) is 34.8 Å². The van der Waals surface area contributed by atoms with Crippen molar-refractivity contribution < 1.29 is 19.1 Å². The van der Waals surface area contributed by atoms with Gasteiger partial charge in [-0.1, -0.05) is 30.3 Å². The minimum absolute atomic E-state index is 0.00475. The highest BCUT2D eigenvalue weighted by Crippen LogP contribution is 2.33. The van der Waals surface area contributed by atoms with Crippen molar-refractivity contribution in [1.29, 1.82) is 0 Å². The average Bonchev–Trinajstić information content (AvgIpc) is 3.38. The maximum absolute atomic E-state index is 13.5. The molecule has 0 radical (unpaired) electrons. The van der Waals surface area contributed by atoms with Crippen molar-refractivity contribution in [2.24, 2.45) is 5.92 Å². The summed E-state index contributed by atoms with van der Waals surface area (Å²) in [6, 6.07) is 16.4. The van der Waals surface area contributed by atoms with Crippen molar-refractivity contribution in [3.8, 4) is 11.5 Å². The highest BCUT2D eigenvalue weighted by Gasteiger charge is 2.33. The Labute approximate surface area is 186 Å². The average molecular weight is 431 g/mol. The molecule has 1 unspecified atom stereocenters. The molecule has 1 amide bonds. The zero-order valence-corrected chi connectivity index (χ0v) is 17.7. The molecule has 1 atom stereocenters. The maximum atomic E-state index is 13.5. The lowest BCUT2D eigenvalue weighted by Crippen LogP contribution is -2.44. The molecule has 0 bridgehead atoms. The molecule has 2 aliphatic heterocycles. The van der Waals surface area contributed by atoms with Gasteiger partial charge in [-0.25, -0.2) is 0 Å². The number of likely N-dealkylation sites (tertiary alicyclic amines) is 1. The zero-order valence-electron chi connectivity index (χ0n) is 17.7. The van der Waals surface area contributed by atoms with Crippen LogP contribution in [0.15, 0.2) is 67.0 Å². The molecule has 0 spiro atoms. The van der Waals surface area contributed by atoms with E-state index in [1.54, 1.807) is 29.1 Å². The number of hydrogen-bond donors (Lipinski definition) is 0. The summed E-state index contributed by atoms with van der Waals surface area (Å²) in [6.07, 6.45) is 4.77. The molecule has 32 heavy (non-hydrogen) atoms. The Morgan fingerprint density at radius 1 is 0.938 bits per heavy atom. The Bertz CT molecular complexity index is 1090. The fourth-order valence-electron chi connectivity index (χ4n) is 4.44. The Morgan fingerprint density at radius 3 is 2.41 bits per heavy atom. The second-order valence-electron chi connectivity index (χ2n) is 8.12. The summed E-state index contributed by atoms with van der Waals surface area (Å²) in [5.41, 5.74) is 1.54. The first-order chi connectivity index (χ1) is 15.7. The molecule has 2 aromatic carbocycles. The van der Waals surface area contributed by atoms with E-state index in [4.69, 9.17) is 9.47 Å². The number of ether oxygens (including phenoxy) is 2. The first-order valence-electron chi connectivity index (χ1n) is 11.0. The van der Waals surface area contributed by atoms with Gasteiger partial charge in [0.25, 0.3) is 5.91 Å². The number of carbonyl (C=O) groups is 2. The van der Waals surface area contributed by atoms with Crippen LogP contribution in [-0.2, 0) is 4.79 Å². The Balaban J connectivity index is 1.27. The van der Waals surface area contributed by atoms with E-state index in [1.807, 2.05) is 47.5 Å². The number of Topliss-reactive ketones (excluding diaryl/α,β-unsaturated/α-hetero) is 1. The number of nitrogens with zero attached hydrogens (tertiary/aromatic N) is 3. The van der Waals surface area contributed by atoms with Gasteiger partial charge in [0.1, 0.15) is 13.2 Å². The molecule has 3 heterocycles. The smallest absolute Gasteiger partial charge is 0.252 e. The molecule has 0 saturated carbocycles. The van der Waals surface area contributed by atoms with Crippen molar-refractivity contribution in [2.75, 3.05) is 26.3 Å². The summed E-state index contributed by atoms with van der Waals surface area (Å²) in [7, 11) is 0. The Kier molecular flexibility index (Phi) is 5.62. The molecule has 1 aromatic heterocycles. The van der Waals surface area contributed by atoms with Crippen LogP contribution >= 0.6 is 0 Å². The van der Waals surface area contributed by atoms with E-state index in [-0.39, 0.29) is 17.6 Å². The van der Waals surface area contributed by atoms with E-state index in [2.05, 4.69) is 5.10 Å². The normalized spacial score (nSPS) is 17.1. The van der Waals surface area contributed by atoms with Crippen LogP contribution in [0.25, 0.3) is 0 Å². The Morgan fingerprint density at radius 2 is 1.69 bits per heavy atom. The van der Waals surface area contributed by atoms with Crippen molar-refractivity contribution >= 4 is 11.7 Å². The zero-order chi connectivity index (χ0) is 21.9. The van der Waals surface area contributed by atoms with E-state index in [0.29, 0.717) is 56.2 Å². The first-order valence-corrected chi connectivity index (χ1v) is 11.0. The molecule has 5 rings (SSSR count). The lowest BCUT2D eigenvalue weighted by molar-refractivity contribution is -0.135. The monoisotopic (exact) mass is 431 g/mol. The van der Waals surface area contributed by atoms with Crippen LogP contribution in [0.3, 0.4) is 0 Å². The number of carbonyl (C=O) groups excluding carboxylic acids is 2. The SMILES string of the molecule is O=C(c1ccc2c(c1)OCCO2)C1CCN(C(=O)C(c2ccccc2)n2cccn2)CC1. The minimum Gasteiger partial charge on any atom is -0.486 e. The minimum atomic E-state index is -0.503. The number of ketones is 1. The predicted molar refractivity (Wildman–Crippen MR) is 118 cm³/mol. The predicted octanol–water partition coefficient (Wildman–Crippen LogP) is 3.37. The van der Waals surface area contributed by atoms with Crippen LogP contribution in [0.5, 0.6) is 11.5 Å². The second-order valence-corrected chi connectivity index (χ2v) is 8.12. The number of amides is 1. The number of benzene rings is 2. The number of hydrogen-bond acceptors (Lipinski definition) is 5. The van der Waals surface area contributed by atoms with Crippen molar-refractivity contribution in [3.05, 3.63) is 78.1 Å². The van der Waals surface area contributed by atoms with Gasteiger partial charge in [-0.2, -0.15) is 5.10 Å². The molecular formula is C25H25N3O4. The van der Waals surface area contributed by atoms with Gasteiger partial charge in [-0.3, -0.25) is 14.3 Å². The van der Waals surface area contributed by atoms with E-state index in [1.165, 1.54) is 0 Å². The molecule has 1 fully saturated rings. The van der Waals surface area contributed by atoms with Crippen LogP contribution in [0.2, 0.25) is 0 Å². The molecule has 7 heteroatoms. The topological polar surface area (TPSA) is 73.7 Å². The van der Waals surface area contributed by atoms with Gasteiger partial charge in [0, 0.05) is 37.0 Å². The van der Waals surface area contributed by atoms with Gasteiger partial charge < -0.3 is 14.4 Å². The number of fused-ring (bicyclic) bond motifs is 1. The largest absolute Gasteiger partial charge is 0.486 e. The maximum Gasteiger partial charge on any atom is 0.252 e. The molecule has 164 valence electrons. The van der Waals surface area contributed by atoms with E-state index >= 15 is 0 Å². The highest BCUT2D eigenvalue weighted by atomic mass is 16.6. The number of piperidine rings is 1. The van der Waals surface area contributed by atoms with Gasteiger partial charge in [-0.15, -0.1) is 0 Å². The third-order valence-electron chi connectivity index (χ3n) is 6.14. The third-order valence-corrected chi connectivity index (χ3v) is 6.14. The molecule has 2 aliphatic rings. The number of aromatic nitrogens is 2. The van der Waals surface area contributed by atoms with Crippen LogP contribution in [0.4, 0.5) is 0 Å². The van der Waals surface area contributed by atoms with Crippen molar-refractivity contribution in [3.63, 3.8) is 0 Å².